The number of rotatable bonds is 3. The van der Waals surface area contributed by atoms with Gasteiger partial charge in [0.2, 0.25) is 5.91 Å². The van der Waals surface area contributed by atoms with Crippen molar-refractivity contribution in [2.45, 2.75) is 18.5 Å². The first-order valence-electron chi connectivity index (χ1n) is 8.04. The van der Waals surface area contributed by atoms with Gasteiger partial charge in [0.1, 0.15) is 0 Å². The number of carbonyl (C=O) groups is 1. The fourth-order valence-corrected chi connectivity index (χ4v) is 3.46. The van der Waals surface area contributed by atoms with Crippen LogP contribution in [0, 0.1) is 0 Å². The Morgan fingerprint density at radius 2 is 2.04 bits per heavy atom. The van der Waals surface area contributed by atoms with Gasteiger partial charge in [-0.3, -0.25) is 9.69 Å². The minimum atomic E-state index is -0.0926. The van der Waals surface area contributed by atoms with E-state index in [0.717, 1.165) is 31.0 Å². The van der Waals surface area contributed by atoms with E-state index in [4.69, 9.17) is 11.6 Å². The van der Waals surface area contributed by atoms with Gasteiger partial charge in [0.25, 0.3) is 0 Å². The molecule has 7 nitrogen and oxygen atoms in total. The lowest BCUT2D eigenvalue weighted by Gasteiger charge is -2.49. The van der Waals surface area contributed by atoms with Gasteiger partial charge in [-0.1, -0.05) is 16.8 Å². The Labute approximate surface area is 145 Å². The molecule has 2 aromatic rings. The molecule has 3 heterocycles. The number of nitrogens with one attached hydrogen (secondary N) is 2. The Hall–Kier alpha value is -1.96. The van der Waals surface area contributed by atoms with Crippen molar-refractivity contribution in [3.63, 3.8) is 0 Å². The van der Waals surface area contributed by atoms with Crippen molar-refractivity contribution in [1.82, 2.24) is 30.5 Å². The number of amides is 1. The van der Waals surface area contributed by atoms with E-state index in [1.54, 1.807) is 4.68 Å². The average molecular weight is 347 g/mol. The summed E-state index contributed by atoms with van der Waals surface area (Å²) in [5, 5.41) is 15.5. The first-order valence-corrected chi connectivity index (χ1v) is 8.42. The molecule has 24 heavy (non-hydrogen) atoms. The summed E-state index contributed by atoms with van der Waals surface area (Å²) in [6, 6.07) is 7.48. The fraction of sp³-hybridized carbons (Fsp3) is 0.438. The normalized spacial score (nSPS) is 20.5. The van der Waals surface area contributed by atoms with E-state index in [9.17, 15) is 4.79 Å². The van der Waals surface area contributed by atoms with Crippen molar-refractivity contribution in [3.8, 4) is 5.69 Å². The van der Waals surface area contributed by atoms with Crippen LogP contribution in [0.2, 0.25) is 5.02 Å². The molecule has 0 aliphatic carbocycles. The predicted octanol–water partition coefficient (Wildman–Crippen LogP) is 0.585. The first kappa shape index (κ1) is 15.6. The van der Waals surface area contributed by atoms with Crippen molar-refractivity contribution >= 4 is 17.5 Å². The molecular weight excluding hydrogens is 328 g/mol. The number of hydrogen-bond acceptors (Lipinski definition) is 5. The third-order valence-corrected chi connectivity index (χ3v) is 5.01. The van der Waals surface area contributed by atoms with Gasteiger partial charge in [0.05, 0.1) is 23.1 Å². The molecule has 0 radical (unpaired) electrons. The van der Waals surface area contributed by atoms with Crippen LogP contribution in [0.25, 0.3) is 5.69 Å². The van der Waals surface area contributed by atoms with E-state index in [-0.39, 0.29) is 11.4 Å². The molecule has 0 bridgehead atoms. The highest BCUT2D eigenvalue weighted by Crippen LogP contribution is 2.27. The molecule has 2 N–H and O–H groups in total. The topological polar surface area (TPSA) is 75.1 Å². The van der Waals surface area contributed by atoms with E-state index >= 15 is 0 Å². The smallest absolute Gasteiger partial charge is 0.222 e. The summed E-state index contributed by atoms with van der Waals surface area (Å²) in [5.41, 5.74) is 1.72. The van der Waals surface area contributed by atoms with Gasteiger partial charge in [-0.25, -0.2) is 4.68 Å². The van der Waals surface area contributed by atoms with E-state index in [1.165, 1.54) is 0 Å². The molecule has 1 amide bonds. The van der Waals surface area contributed by atoms with Crippen molar-refractivity contribution in [3.05, 3.63) is 41.2 Å². The van der Waals surface area contributed by atoms with Crippen LogP contribution < -0.4 is 10.6 Å². The summed E-state index contributed by atoms with van der Waals surface area (Å²) in [7, 11) is 0. The van der Waals surface area contributed by atoms with Crippen LogP contribution in [0.4, 0.5) is 0 Å². The van der Waals surface area contributed by atoms with Crippen molar-refractivity contribution in [2.75, 3.05) is 26.2 Å². The summed E-state index contributed by atoms with van der Waals surface area (Å²) in [6.45, 7) is 3.86. The van der Waals surface area contributed by atoms with Crippen LogP contribution in [-0.4, -0.2) is 57.5 Å². The Morgan fingerprint density at radius 1 is 1.25 bits per heavy atom. The van der Waals surface area contributed by atoms with Crippen LogP contribution in [-0.2, 0) is 11.3 Å². The lowest BCUT2D eigenvalue weighted by Crippen LogP contribution is -2.69. The number of aromatic nitrogens is 3. The van der Waals surface area contributed by atoms with Crippen LogP contribution >= 0.6 is 11.6 Å². The van der Waals surface area contributed by atoms with Gasteiger partial charge < -0.3 is 10.6 Å². The maximum atomic E-state index is 11.9. The maximum Gasteiger partial charge on any atom is 0.222 e. The second kappa shape index (κ2) is 6.16. The van der Waals surface area contributed by atoms with Gasteiger partial charge in [0.15, 0.2) is 0 Å². The Bertz CT molecular complexity index is 739. The van der Waals surface area contributed by atoms with Gasteiger partial charge in [-0.15, -0.1) is 5.10 Å². The SMILES string of the molecule is O=C1CC2(CNC2)N(Cc2cn(-c3ccc(Cl)cc3)nn2)CCN1. The van der Waals surface area contributed by atoms with E-state index in [2.05, 4.69) is 25.8 Å². The van der Waals surface area contributed by atoms with Crippen LogP contribution in [0.15, 0.2) is 30.5 Å². The molecule has 0 saturated carbocycles. The zero-order valence-electron chi connectivity index (χ0n) is 13.2. The van der Waals surface area contributed by atoms with E-state index in [0.29, 0.717) is 24.5 Å². The standard InChI is InChI=1S/C16H19ClN6O/c17-12-1-3-14(4-2-12)23-9-13(20-21-23)8-22-6-5-19-15(24)7-16(22)10-18-11-16/h1-4,9,18H,5-8,10-11H2,(H,19,24). The minimum Gasteiger partial charge on any atom is -0.355 e. The molecule has 0 atom stereocenters. The molecule has 0 unspecified atom stereocenters. The quantitative estimate of drug-likeness (QED) is 0.850. The second-order valence-electron chi connectivity index (χ2n) is 6.41. The molecule has 126 valence electrons. The molecule has 4 rings (SSSR count). The van der Waals surface area contributed by atoms with Crippen molar-refractivity contribution in [1.29, 1.82) is 0 Å². The number of hydrogen-bond donors (Lipinski definition) is 2. The molecule has 2 aliphatic rings. The molecule has 8 heteroatoms. The molecule has 2 fully saturated rings. The summed E-state index contributed by atoms with van der Waals surface area (Å²) in [4.78, 5) is 14.2. The third-order valence-electron chi connectivity index (χ3n) is 4.76. The Kier molecular flexibility index (Phi) is 3.99. The monoisotopic (exact) mass is 346 g/mol. The van der Waals surface area contributed by atoms with Crippen molar-refractivity contribution in [2.24, 2.45) is 0 Å². The van der Waals surface area contributed by atoms with Gasteiger partial charge in [0, 0.05) is 44.2 Å². The molecule has 1 aromatic heterocycles. The number of benzene rings is 1. The summed E-state index contributed by atoms with van der Waals surface area (Å²) in [6.07, 6.45) is 2.47. The van der Waals surface area contributed by atoms with Gasteiger partial charge in [-0.2, -0.15) is 0 Å². The average Bonchev–Trinajstić information content (AvgIpc) is 2.92. The zero-order chi connectivity index (χ0) is 16.6. The predicted molar refractivity (Wildman–Crippen MR) is 90.0 cm³/mol. The van der Waals surface area contributed by atoms with Crippen LogP contribution in [0.3, 0.4) is 0 Å². The minimum absolute atomic E-state index is 0.0926. The highest BCUT2D eigenvalue weighted by molar-refractivity contribution is 6.30. The summed E-state index contributed by atoms with van der Waals surface area (Å²) >= 11 is 5.92. The van der Waals surface area contributed by atoms with Gasteiger partial charge >= 0.3 is 0 Å². The molecule has 1 spiro atoms. The molecule has 1 aromatic carbocycles. The summed E-state index contributed by atoms with van der Waals surface area (Å²) < 4.78 is 1.75. The lowest BCUT2D eigenvalue weighted by molar-refractivity contribution is -0.123. The number of carbonyl (C=O) groups excluding carboxylic acids is 1. The van der Waals surface area contributed by atoms with Crippen molar-refractivity contribution < 1.29 is 4.79 Å². The Balaban J connectivity index is 1.52. The van der Waals surface area contributed by atoms with E-state index < -0.39 is 0 Å². The zero-order valence-corrected chi connectivity index (χ0v) is 14.0. The third kappa shape index (κ3) is 2.90. The molecular formula is C16H19ClN6O. The fourth-order valence-electron chi connectivity index (χ4n) is 3.34. The van der Waals surface area contributed by atoms with E-state index in [1.807, 2.05) is 30.5 Å². The number of halogens is 1. The molecule has 2 aliphatic heterocycles. The van der Waals surface area contributed by atoms with Crippen LogP contribution in [0.5, 0.6) is 0 Å². The first-order chi connectivity index (χ1) is 11.6. The highest BCUT2D eigenvalue weighted by atomic mass is 35.5. The molecule has 2 saturated heterocycles. The largest absolute Gasteiger partial charge is 0.355 e. The lowest BCUT2D eigenvalue weighted by atomic mass is 9.86. The maximum absolute atomic E-state index is 11.9. The second-order valence-corrected chi connectivity index (χ2v) is 6.84. The summed E-state index contributed by atoms with van der Waals surface area (Å²) in [5.74, 6) is 0.129. The highest BCUT2D eigenvalue weighted by Gasteiger charge is 2.45. The number of nitrogens with zero attached hydrogens (tertiary/aromatic N) is 4. The van der Waals surface area contributed by atoms with Crippen LogP contribution in [0.1, 0.15) is 12.1 Å². The Morgan fingerprint density at radius 3 is 2.75 bits per heavy atom. The van der Waals surface area contributed by atoms with Gasteiger partial charge in [-0.05, 0) is 24.3 Å².